The Kier molecular flexibility index (Phi) is 5.29. The molecule has 0 aliphatic heterocycles. The lowest BCUT2D eigenvalue weighted by Crippen LogP contribution is -2.05. The standard InChI is InChI=1S/C13H17ClO3/c1-9(2)5-4-8-17-11-7-3-6-10(14)12(11)13(15)16/h3,6-7,9H,4-5,8H2,1-2H3,(H,15,16). The van der Waals surface area contributed by atoms with Crippen LogP contribution in [0.5, 0.6) is 5.75 Å². The number of hydrogen-bond acceptors (Lipinski definition) is 2. The number of carbonyl (C=O) groups is 1. The van der Waals surface area contributed by atoms with Gasteiger partial charge in [0.25, 0.3) is 0 Å². The summed E-state index contributed by atoms with van der Waals surface area (Å²) in [4.78, 5) is 11.0. The summed E-state index contributed by atoms with van der Waals surface area (Å²) in [6, 6.07) is 4.86. The Bertz CT molecular complexity index is 388. The zero-order valence-corrected chi connectivity index (χ0v) is 10.8. The van der Waals surface area contributed by atoms with Gasteiger partial charge in [0, 0.05) is 0 Å². The molecule has 94 valence electrons. The van der Waals surface area contributed by atoms with Crippen LogP contribution < -0.4 is 4.74 Å². The number of carboxylic acids is 1. The molecule has 0 aliphatic carbocycles. The SMILES string of the molecule is CC(C)CCCOc1cccc(Cl)c1C(=O)O. The molecule has 0 atom stereocenters. The number of rotatable bonds is 6. The van der Waals surface area contributed by atoms with E-state index >= 15 is 0 Å². The molecule has 0 unspecified atom stereocenters. The lowest BCUT2D eigenvalue weighted by molar-refractivity contribution is 0.0692. The van der Waals surface area contributed by atoms with Crippen molar-refractivity contribution in [3.8, 4) is 5.75 Å². The molecule has 1 aromatic carbocycles. The van der Waals surface area contributed by atoms with Gasteiger partial charge in [-0.25, -0.2) is 4.79 Å². The summed E-state index contributed by atoms with van der Waals surface area (Å²) in [7, 11) is 0. The number of hydrogen-bond donors (Lipinski definition) is 1. The molecular weight excluding hydrogens is 240 g/mol. The van der Waals surface area contributed by atoms with Gasteiger partial charge in [0.05, 0.1) is 11.6 Å². The predicted molar refractivity (Wildman–Crippen MR) is 68.0 cm³/mol. The molecule has 1 N–H and O–H groups in total. The maximum Gasteiger partial charge on any atom is 0.341 e. The zero-order valence-electron chi connectivity index (χ0n) is 10.1. The van der Waals surface area contributed by atoms with Crippen LogP contribution in [0.25, 0.3) is 0 Å². The average molecular weight is 257 g/mol. The number of aromatic carboxylic acids is 1. The van der Waals surface area contributed by atoms with Crippen molar-refractivity contribution in [2.75, 3.05) is 6.61 Å². The lowest BCUT2D eigenvalue weighted by Gasteiger charge is -2.10. The predicted octanol–water partition coefficient (Wildman–Crippen LogP) is 3.85. The third-order valence-electron chi connectivity index (χ3n) is 2.37. The zero-order chi connectivity index (χ0) is 12.8. The van der Waals surface area contributed by atoms with Gasteiger partial charge in [0.1, 0.15) is 11.3 Å². The van der Waals surface area contributed by atoms with Crippen LogP contribution >= 0.6 is 11.6 Å². The third kappa shape index (κ3) is 4.27. The Balaban J connectivity index is 2.64. The van der Waals surface area contributed by atoms with Crippen LogP contribution in [-0.2, 0) is 0 Å². The van der Waals surface area contributed by atoms with Crippen molar-refractivity contribution < 1.29 is 14.6 Å². The summed E-state index contributed by atoms with van der Waals surface area (Å²) in [5.41, 5.74) is 0.0405. The topological polar surface area (TPSA) is 46.5 Å². The Hall–Kier alpha value is -1.22. The second-order valence-corrected chi connectivity index (χ2v) is 4.71. The van der Waals surface area contributed by atoms with E-state index in [1.807, 2.05) is 0 Å². The Morgan fingerprint density at radius 1 is 1.47 bits per heavy atom. The highest BCUT2D eigenvalue weighted by Crippen LogP contribution is 2.26. The van der Waals surface area contributed by atoms with Crippen molar-refractivity contribution >= 4 is 17.6 Å². The summed E-state index contributed by atoms with van der Waals surface area (Å²) < 4.78 is 5.46. The molecule has 0 heterocycles. The van der Waals surface area contributed by atoms with Crippen LogP contribution in [0.2, 0.25) is 5.02 Å². The first-order valence-corrected chi connectivity index (χ1v) is 6.04. The van der Waals surface area contributed by atoms with Crippen LogP contribution in [0, 0.1) is 5.92 Å². The maximum atomic E-state index is 11.0. The van der Waals surface area contributed by atoms with E-state index in [9.17, 15) is 4.79 Å². The van der Waals surface area contributed by atoms with Crippen LogP contribution in [0.3, 0.4) is 0 Å². The first-order valence-electron chi connectivity index (χ1n) is 5.67. The van der Waals surface area contributed by atoms with Crippen LogP contribution in [-0.4, -0.2) is 17.7 Å². The number of halogens is 1. The molecule has 0 bridgehead atoms. The van der Waals surface area contributed by atoms with Gasteiger partial charge in [-0.3, -0.25) is 0 Å². The molecule has 3 nitrogen and oxygen atoms in total. The first kappa shape index (κ1) is 13.8. The fraction of sp³-hybridized carbons (Fsp3) is 0.462. The second-order valence-electron chi connectivity index (χ2n) is 4.30. The summed E-state index contributed by atoms with van der Waals surface area (Å²) in [5.74, 6) is -0.0971. The minimum atomic E-state index is -1.06. The fourth-order valence-electron chi connectivity index (χ4n) is 1.51. The second kappa shape index (κ2) is 6.50. The molecule has 0 spiro atoms. The summed E-state index contributed by atoms with van der Waals surface area (Å²) in [5, 5.41) is 9.23. The van der Waals surface area contributed by atoms with Crippen molar-refractivity contribution in [2.24, 2.45) is 5.92 Å². The average Bonchev–Trinajstić information content (AvgIpc) is 2.23. The van der Waals surface area contributed by atoms with Crippen molar-refractivity contribution in [1.29, 1.82) is 0 Å². The molecule has 1 rings (SSSR count). The lowest BCUT2D eigenvalue weighted by atomic mass is 10.1. The van der Waals surface area contributed by atoms with Crippen molar-refractivity contribution in [3.05, 3.63) is 28.8 Å². The number of benzene rings is 1. The van der Waals surface area contributed by atoms with Gasteiger partial charge in [-0.2, -0.15) is 0 Å². The fourth-order valence-corrected chi connectivity index (χ4v) is 1.75. The van der Waals surface area contributed by atoms with Gasteiger partial charge in [0.2, 0.25) is 0 Å². The highest BCUT2D eigenvalue weighted by Gasteiger charge is 2.15. The Morgan fingerprint density at radius 3 is 2.76 bits per heavy atom. The highest BCUT2D eigenvalue weighted by atomic mass is 35.5. The summed E-state index contributed by atoms with van der Waals surface area (Å²) >= 11 is 5.83. The largest absolute Gasteiger partial charge is 0.493 e. The smallest absolute Gasteiger partial charge is 0.341 e. The molecule has 0 aromatic heterocycles. The molecule has 0 saturated heterocycles. The maximum absolute atomic E-state index is 11.0. The van der Waals surface area contributed by atoms with Crippen LogP contribution in [0.4, 0.5) is 0 Å². The molecule has 0 fully saturated rings. The normalized spacial score (nSPS) is 10.6. The van der Waals surface area contributed by atoms with Crippen LogP contribution in [0.15, 0.2) is 18.2 Å². The highest BCUT2D eigenvalue weighted by molar-refractivity contribution is 6.33. The van der Waals surface area contributed by atoms with Gasteiger partial charge in [0.15, 0.2) is 0 Å². The molecule has 1 aromatic rings. The van der Waals surface area contributed by atoms with Crippen molar-refractivity contribution in [2.45, 2.75) is 26.7 Å². The van der Waals surface area contributed by atoms with E-state index in [1.165, 1.54) is 0 Å². The van der Waals surface area contributed by atoms with Gasteiger partial charge in [-0.05, 0) is 30.9 Å². The molecule has 0 radical (unpaired) electrons. The van der Waals surface area contributed by atoms with Gasteiger partial charge in [-0.1, -0.05) is 31.5 Å². The van der Waals surface area contributed by atoms with Gasteiger partial charge < -0.3 is 9.84 Å². The van der Waals surface area contributed by atoms with E-state index in [1.54, 1.807) is 18.2 Å². The van der Waals surface area contributed by atoms with Crippen molar-refractivity contribution in [3.63, 3.8) is 0 Å². The van der Waals surface area contributed by atoms with Crippen molar-refractivity contribution in [1.82, 2.24) is 0 Å². The number of ether oxygens (including phenoxy) is 1. The van der Waals surface area contributed by atoms with E-state index in [0.717, 1.165) is 12.8 Å². The molecule has 0 aliphatic rings. The quantitative estimate of drug-likeness (QED) is 0.787. The Morgan fingerprint density at radius 2 is 2.18 bits per heavy atom. The molecule has 4 heteroatoms. The third-order valence-corrected chi connectivity index (χ3v) is 2.69. The molecule has 0 amide bonds. The molecule has 17 heavy (non-hydrogen) atoms. The summed E-state index contributed by atoms with van der Waals surface area (Å²) in [6.07, 6.45) is 1.96. The molecular formula is C13H17ClO3. The van der Waals surface area contributed by atoms with E-state index < -0.39 is 5.97 Å². The van der Waals surface area contributed by atoms with Gasteiger partial charge in [-0.15, -0.1) is 0 Å². The monoisotopic (exact) mass is 256 g/mol. The first-order chi connectivity index (χ1) is 8.02. The summed E-state index contributed by atoms with van der Waals surface area (Å²) in [6.45, 7) is 4.79. The van der Waals surface area contributed by atoms with E-state index in [2.05, 4.69) is 13.8 Å². The Labute approximate surface area is 106 Å². The number of carboxylic acid groups (broad SMARTS) is 1. The molecule has 0 saturated carbocycles. The van der Waals surface area contributed by atoms with E-state index in [4.69, 9.17) is 21.4 Å². The minimum Gasteiger partial charge on any atom is -0.493 e. The van der Waals surface area contributed by atoms with Gasteiger partial charge >= 0.3 is 5.97 Å². The van der Waals surface area contributed by atoms with E-state index in [-0.39, 0.29) is 10.6 Å². The van der Waals surface area contributed by atoms with Crippen LogP contribution in [0.1, 0.15) is 37.0 Å². The van der Waals surface area contributed by atoms with E-state index in [0.29, 0.717) is 18.3 Å². The minimum absolute atomic E-state index is 0.0405.